The summed E-state index contributed by atoms with van der Waals surface area (Å²) in [5.74, 6) is 3.45. The van der Waals surface area contributed by atoms with Crippen LogP contribution >= 0.6 is 0 Å². The van der Waals surface area contributed by atoms with E-state index in [0.717, 1.165) is 78.3 Å². The average Bonchev–Trinajstić information content (AvgIpc) is 3.88. The standard InChI is InChI=1S/C51H33N7/c1-5-17-35(18-6-1)47-54-48(38-28-30-45-42(32-38)52-50(36-19-7-2-8-20-36)57(45)40-24-11-4-12-25-40)56-49(55-47)39-29-31-46-43(33-39)53-51(37-21-9-3-10-22-37)58(46)44-27-15-23-34-16-13-14-26-41(34)44/h1-33H. The number of hydrogen-bond donors (Lipinski definition) is 0. The smallest absolute Gasteiger partial charge is 0.164 e. The summed E-state index contributed by atoms with van der Waals surface area (Å²) in [6.45, 7) is 0. The minimum Gasteiger partial charge on any atom is -0.292 e. The molecular formula is C51H33N7. The largest absolute Gasteiger partial charge is 0.292 e. The number of nitrogens with zero attached hydrogens (tertiary/aromatic N) is 7. The lowest BCUT2D eigenvalue weighted by molar-refractivity contribution is 1.07. The molecule has 0 saturated heterocycles. The fraction of sp³-hybridized carbons (Fsp3) is 0. The van der Waals surface area contributed by atoms with Gasteiger partial charge in [-0.15, -0.1) is 0 Å². The van der Waals surface area contributed by atoms with Crippen LogP contribution in [0.15, 0.2) is 200 Å². The van der Waals surface area contributed by atoms with Gasteiger partial charge in [0.05, 0.1) is 27.8 Å². The normalized spacial score (nSPS) is 11.4. The van der Waals surface area contributed by atoms with Crippen molar-refractivity contribution in [3.8, 4) is 68.3 Å². The molecule has 0 radical (unpaired) electrons. The van der Waals surface area contributed by atoms with E-state index in [0.29, 0.717) is 17.5 Å². The Hall–Kier alpha value is -8.03. The van der Waals surface area contributed by atoms with E-state index in [1.54, 1.807) is 0 Å². The van der Waals surface area contributed by atoms with Gasteiger partial charge in [0.15, 0.2) is 17.5 Å². The van der Waals surface area contributed by atoms with Gasteiger partial charge < -0.3 is 0 Å². The van der Waals surface area contributed by atoms with Crippen LogP contribution in [0.4, 0.5) is 0 Å². The molecule has 3 heterocycles. The quantitative estimate of drug-likeness (QED) is 0.162. The van der Waals surface area contributed by atoms with Crippen molar-refractivity contribution < 1.29 is 0 Å². The maximum Gasteiger partial charge on any atom is 0.164 e. The van der Waals surface area contributed by atoms with Crippen molar-refractivity contribution in [2.24, 2.45) is 0 Å². The number of benzene rings is 8. The zero-order valence-corrected chi connectivity index (χ0v) is 31.2. The number of imidazole rings is 2. The Balaban J connectivity index is 1.09. The van der Waals surface area contributed by atoms with Crippen molar-refractivity contribution in [3.05, 3.63) is 200 Å². The van der Waals surface area contributed by atoms with E-state index >= 15 is 0 Å². The molecule has 11 aromatic rings. The van der Waals surface area contributed by atoms with Crippen LogP contribution in [0.3, 0.4) is 0 Å². The van der Waals surface area contributed by atoms with E-state index < -0.39 is 0 Å². The summed E-state index contributed by atoms with van der Waals surface area (Å²) in [5, 5.41) is 2.33. The molecule has 11 rings (SSSR count). The first kappa shape index (κ1) is 33.3. The lowest BCUT2D eigenvalue weighted by Gasteiger charge is -2.13. The van der Waals surface area contributed by atoms with Crippen LogP contribution in [0.1, 0.15) is 0 Å². The molecule has 0 N–H and O–H groups in total. The first-order valence-corrected chi connectivity index (χ1v) is 19.3. The highest BCUT2D eigenvalue weighted by molar-refractivity contribution is 5.95. The number of aromatic nitrogens is 7. The van der Waals surface area contributed by atoms with Crippen LogP contribution in [0.2, 0.25) is 0 Å². The maximum absolute atomic E-state index is 5.29. The predicted octanol–water partition coefficient (Wildman–Crippen LogP) is 12.0. The molecule has 0 amide bonds. The van der Waals surface area contributed by atoms with Crippen LogP contribution in [-0.2, 0) is 0 Å². The molecule has 0 aliphatic carbocycles. The van der Waals surface area contributed by atoms with Crippen molar-refractivity contribution >= 4 is 32.8 Å². The molecule has 0 aliphatic rings. The highest BCUT2D eigenvalue weighted by atomic mass is 15.1. The topological polar surface area (TPSA) is 74.3 Å². The fourth-order valence-electron chi connectivity index (χ4n) is 7.84. The van der Waals surface area contributed by atoms with Crippen LogP contribution in [0.25, 0.3) is 101 Å². The monoisotopic (exact) mass is 743 g/mol. The van der Waals surface area contributed by atoms with E-state index in [1.165, 1.54) is 5.39 Å². The van der Waals surface area contributed by atoms with E-state index in [4.69, 9.17) is 24.9 Å². The van der Waals surface area contributed by atoms with E-state index in [2.05, 4.69) is 149 Å². The molecular weight excluding hydrogens is 711 g/mol. The van der Waals surface area contributed by atoms with Crippen LogP contribution in [0.5, 0.6) is 0 Å². The third-order valence-corrected chi connectivity index (χ3v) is 10.6. The van der Waals surface area contributed by atoms with Gasteiger partial charge in [0.25, 0.3) is 0 Å². The molecule has 0 atom stereocenters. The maximum atomic E-state index is 5.29. The minimum absolute atomic E-state index is 0.562. The Morgan fingerprint density at radius 2 is 0.759 bits per heavy atom. The fourth-order valence-corrected chi connectivity index (χ4v) is 7.84. The number of rotatable bonds is 7. The summed E-state index contributed by atoms with van der Waals surface area (Å²) < 4.78 is 4.47. The zero-order chi connectivity index (χ0) is 38.4. The van der Waals surface area contributed by atoms with Crippen LogP contribution < -0.4 is 0 Å². The summed E-state index contributed by atoms with van der Waals surface area (Å²) in [4.78, 5) is 25.8. The molecule has 8 aromatic carbocycles. The molecule has 7 heteroatoms. The van der Waals surface area contributed by atoms with Gasteiger partial charge in [0.2, 0.25) is 0 Å². The Bertz CT molecular complexity index is 3260. The lowest BCUT2D eigenvalue weighted by Crippen LogP contribution is -2.00. The van der Waals surface area contributed by atoms with Gasteiger partial charge in [-0.25, -0.2) is 24.9 Å². The Kier molecular flexibility index (Phi) is 8.00. The van der Waals surface area contributed by atoms with Gasteiger partial charge in [-0.1, -0.05) is 146 Å². The van der Waals surface area contributed by atoms with Crippen molar-refractivity contribution in [1.82, 2.24) is 34.1 Å². The summed E-state index contributed by atoms with van der Waals surface area (Å²) in [5.41, 5.74) is 10.4. The molecule has 3 aromatic heterocycles. The van der Waals surface area contributed by atoms with Gasteiger partial charge in [0, 0.05) is 38.9 Å². The number of para-hydroxylation sites is 1. The van der Waals surface area contributed by atoms with Crippen molar-refractivity contribution in [2.45, 2.75) is 0 Å². The molecule has 0 unspecified atom stereocenters. The van der Waals surface area contributed by atoms with Crippen molar-refractivity contribution in [1.29, 1.82) is 0 Å². The van der Waals surface area contributed by atoms with E-state index in [-0.39, 0.29) is 0 Å². The van der Waals surface area contributed by atoms with Gasteiger partial charge in [-0.05, 0) is 60.0 Å². The molecule has 0 bridgehead atoms. The van der Waals surface area contributed by atoms with Gasteiger partial charge in [0.1, 0.15) is 11.6 Å². The molecule has 0 saturated carbocycles. The van der Waals surface area contributed by atoms with Crippen molar-refractivity contribution in [3.63, 3.8) is 0 Å². The second kappa shape index (κ2) is 13.9. The SMILES string of the molecule is c1ccc(-c2nc(-c3ccc4c(c3)nc(-c3ccccc3)n4-c3ccccc3)nc(-c3ccc4c(c3)nc(-c3ccccc3)n4-c3cccc4ccccc34)n2)cc1. The second-order valence-electron chi connectivity index (χ2n) is 14.2. The number of fused-ring (bicyclic) bond motifs is 3. The summed E-state index contributed by atoms with van der Waals surface area (Å²) in [6, 6.07) is 68.5. The summed E-state index contributed by atoms with van der Waals surface area (Å²) >= 11 is 0. The highest BCUT2D eigenvalue weighted by Crippen LogP contribution is 2.36. The highest BCUT2D eigenvalue weighted by Gasteiger charge is 2.20. The Labute approximate surface area is 334 Å². The van der Waals surface area contributed by atoms with Crippen molar-refractivity contribution in [2.75, 3.05) is 0 Å². The van der Waals surface area contributed by atoms with Gasteiger partial charge in [-0.2, -0.15) is 0 Å². The van der Waals surface area contributed by atoms with Gasteiger partial charge >= 0.3 is 0 Å². The molecule has 7 nitrogen and oxygen atoms in total. The molecule has 0 fully saturated rings. The van der Waals surface area contributed by atoms with E-state index in [9.17, 15) is 0 Å². The predicted molar refractivity (Wildman–Crippen MR) is 234 cm³/mol. The minimum atomic E-state index is 0.562. The third-order valence-electron chi connectivity index (χ3n) is 10.6. The van der Waals surface area contributed by atoms with Crippen LogP contribution in [-0.4, -0.2) is 34.1 Å². The average molecular weight is 744 g/mol. The second-order valence-corrected chi connectivity index (χ2v) is 14.2. The first-order valence-electron chi connectivity index (χ1n) is 19.3. The third kappa shape index (κ3) is 5.81. The molecule has 0 aliphatic heterocycles. The lowest BCUT2D eigenvalue weighted by atomic mass is 10.1. The zero-order valence-electron chi connectivity index (χ0n) is 31.2. The summed E-state index contributed by atoms with van der Waals surface area (Å²) in [6.07, 6.45) is 0. The molecule has 58 heavy (non-hydrogen) atoms. The van der Waals surface area contributed by atoms with E-state index in [1.807, 2.05) is 60.7 Å². The molecule has 0 spiro atoms. The Morgan fingerprint density at radius 1 is 0.310 bits per heavy atom. The number of hydrogen-bond acceptors (Lipinski definition) is 5. The Morgan fingerprint density at radius 3 is 1.34 bits per heavy atom. The van der Waals surface area contributed by atoms with Crippen LogP contribution in [0, 0.1) is 0 Å². The van der Waals surface area contributed by atoms with Gasteiger partial charge in [-0.3, -0.25) is 9.13 Å². The summed E-state index contributed by atoms with van der Waals surface area (Å²) in [7, 11) is 0. The molecule has 272 valence electrons. The first-order chi connectivity index (χ1) is 28.7.